The number of carboxylic acid groups (broad SMARTS) is 1. The van der Waals surface area contributed by atoms with Crippen LogP contribution in [0.5, 0.6) is 0 Å². The second-order valence-corrected chi connectivity index (χ2v) is 12.3. The molecular weight excluding hydrogens is 560 g/mol. The second kappa shape index (κ2) is 11.1. The van der Waals surface area contributed by atoms with Gasteiger partial charge in [-0.05, 0) is 51.0 Å². The SMILES string of the molecule is Cc1cc(Cl)c(C(=O)CN(CC(C)(C)C)C(=O)c2cnn([C@H]3CC[C@](C)(C(=O)O)CC3)c2C(F)(F)F)c(Cl)n1. The largest absolute Gasteiger partial charge is 0.481 e. The number of alkyl halides is 3. The molecule has 1 N–H and O–H groups in total. The molecule has 2 aromatic heterocycles. The summed E-state index contributed by atoms with van der Waals surface area (Å²) < 4.78 is 43.9. The van der Waals surface area contributed by atoms with Crippen molar-refractivity contribution >= 4 is 40.9 Å². The van der Waals surface area contributed by atoms with Crippen LogP contribution in [0.2, 0.25) is 10.2 Å². The molecule has 0 atom stereocenters. The summed E-state index contributed by atoms with van der Waals surface area (Å²) in [5, 5.41) is 13.3. The number of carbonyl (C=O) groups excluding carboxylic acids is 2. The van der Waals surface area contributed by atoms with Crippen LogP contribution in [0.1, 0.15) is 91.5 Å². The maximum absolute atomic E-state index is 14.4. The molecule has 0 aromatic carbocycles. The van der Waals surface area contributed by atoms with Crippen molar-refractivity contribution in [2.24, 2.45) is 10.8 Å². The summed E-state index contributed by atoms with van der Waals surface area (Å²) in [4.78, 5) is 43.4. The molecule has 1 aliphatic rings. The molecule has 0 saturated heterocycles. The van der Waals surface area contributed by atoms with Crippen molar-refractivity contribution in [1.82, 2.24) is 19.7 Å². The van der Waals surface area contributed by atoms with Crippen molar-refractivity contribution in [2.75, 3.05) is 13.1 Å². The first-order chi connectivity index (χ1) is 17.8. The molecule has 2 heterocycles. The van der Waals surface area contributed by atoms with Crippen LogP contribution in [-0.4, -0.2) is 55.5 Å². The van der Waals surface area contributed by atoms with Gasteiger partial charge in [-0.2, -0.15) is 18.3 Å². The van der Waals surface area contributed by atoms with Gasteiger partial charge >= 0.3 is 12.1 Å². The van der Waals surface area contributed by atoms with Gasteiger partial charge in [-0.3, -0.25) is 19.1 Å². The standard InChI is InChI=1S/C26H31Cl2F3N4O4/c1-14-10-17(27)19(21(28)33-14)18(36)12-34(13-24(2,3)4)22(37)16-11-32-35(20(16)26(29,30)31)15-6-8-25(5,9-7-15)23(38)39/h10-11,15H,6-9,12-13H2,1-5H3,(H,38,39)/t15-,25-. The highest BCUT2D eigenvalue weighted by molar-refractivity contribution is 6.39. The summed E-state index contributed by atoms with van der Waals surface area (Å²) in [6.07, 6.45) is -3.41. The molecule has 1 aliphatic carbocycles. The van der Waals surface area contributed by atoms with Crippen molar-refractivity contribution < 1.29 is 32.7 Å². The van der Waals surface area contributed by atoms with E-state index in [0.717, 1.165) is 15.8 Å². The van der Waals surface area contributed by atoms with E-state index in [1.54, 1.807) is 34.6 Å². The average Bonchev–Trinajstić information content (AvgIpc) is 3.22. The third-order valence-corrected chi connectivity index (χ3v) is 7.41. The maximum Gasteiger partial charge on any atom is 0.433 e. The number of aryl methyl sites for hydroxylation is 1. The zero-order valence-corrected chi connectivity index (χ0v) is 23.8. The molecule has 39 heavy (non-hydrogen) atoms. The zero-order chi connectivity index (χ0) is 29.5. The van der Waals surface area contributed by atoms with Crippen LogP contribution < -0.4 is 0 Å². The van der Waals surface area contributed by atoms with E-state index in [9.17, 15) is 32.7 Å². The lowest BCUT2D eigenvalue weighted by Gasteiger charge is -2.34. The highest BCUT2D eigenvalue weighted by Gasteiger charge is 2.45. The van der Waals surface area contributed by atoms with Crippen molar-refractivity contribution in [2.45, 2.75) is 72.5 Å². The number of Topliss-reactive ketones (excluding diaryl/α,β-unsaturated/α-hetero) is 1. The number of pyridine rings is 1. The number of halogens is 5. The van der Waals surface area contributed by atoms with Crippen LogP contribution in [0.25, 0.3) is 0 Å². The van der Waals surface area contributed by atoms with Gasteiger partial charge in [-0.15, -0.1) is 0 Å². The van der Waals surface area contributed by atoms with E-state index < -0.39 is 58.5 Å². The number of carbonyl (C=O) groups is 3. The number of carboxylic acids is 1. The fraction of sp³-hybridized carbons (Fsp3) is 0.577. The molecular formula is C26H31Cl2F3N4O4. The van der Waals surface area contributed by atoms with E-state index >= 15 is 0 Å². The van der Waals surface area contributed by atoms with Crippen LogP contribution in [0.15, 0.2) is 12.3 Å². The highest BCUT2D eigenvalue weighted by Crippen LogP contribution is 2.43. The zero-order valence-electron chi connectivity index (χ0n) is 22.3. The normalized spacial score (nSPS) is 20.1. The predicted octanol–water partition coefficient (Wildman–Crippen LogP) is 6.49. The van der Waals surface area contributed by atoms with Crippen molar-refractivity contribution in [3.8, 4) is 0 Å². The van der Waals surface area contributed by atoms with E-state index in [-0.39, 0.29) is 48.0 Å². The summed E-state index contributed by atoms with van der Waals surface area (Å²) in [7, 11) is 0. The van der Waals surface area contributed by atoms with Crippen molar-refractivity contribution in [3.63, 3.8) is 0 Å². The first-order valence-electron chi connectivity index (χ1n) is 12.4. The fourth-order valence-corrected chi connectivity index (χ4v) is 5.56. The quantitative estimate of drug-likeness (QED) is 0.292. The van der Waals surface area contributed by atoms with Gasteiger partial charge in [0.05, 0.1) is 40.3 Å². The van der Waals surface area contributed by atoms with E-state index in [2.05, 4.69) is 10.1 Å². The minimum absolute atomic E-state index is 0.0233. The molecule has 1 amide bonds. The predicted molar refractivity (Wildman–Crippen MR) is 139 cm³/mol. The van der Waals surface area contributed by atoms with Gasteiger partial charge in [-0.1, -0.05) is 44.0 Å². The molecule has 0 aliphatic heterocycles. The molecule has 0 unspecified atom stereocenters. The first-order valence-corrected chi connectivity index (χ1v) is 13.1. The lowest BCUT2D eigenvalue weighted by molar-refractivity contribution is -0.152. The van der Waals surface area contributed by atoms with Crippen molar-refractivity contribution in [1.29, 1.82) is 0 Å². The van der Waals surface area contributed by atoms with Gasteiger partial charge in [-0.25, -0.2) is 4.98 Å². The van der Waals surface area contributed by atoms with Crippen molar-refractivity contribution in [3.05, 3.63) is 45.0 Å². The molecule has 1 fully saturated rings. The Balaban J connectivity index is 1.99. The summed E-state index contributed by atoms with van der Waals surface area (Å²) in [6, 6.07) is 0.701. The van der Waals surface area contributed by atoms with E-state index in [1.807, 2.05) is 0 Å². The fourth-order valence-electron chi connectivity index (χ4n) is 4.82. The van der Waals surface area contributed by atoms with Gasteiger partial charge < -0.3 is 10.0 Å². The van der Waals surface area contributed by atoms with Gasteiger partial charge in [0.2, 0.25) is 0 Å². The monoisotopic (exact) mass is 590 g/mol. The van der Waals surface area contributed by atoms with Gasteiger partial charge in [0.1, 0.15) is 5.15 Å². The number of ketones is 1. The Labute approximate surface area is 234 Å². The number of hydrogen-bond donors (Lipinski definition) is 1. The Bertz CT molecular complexity index is 1260. The third-order valence-electron chi connectivity index (χ3n) is 6.84. The first kappa shape index (κ1) is 30.9. The summed E-state index contributed by atoms with van der Waals surface area (Å²) in [6.45, 7) is 7.91. The van der Waals surface area contributed by atoms with Crippen LogP contribution >= 0.6 is 23.2 Å². The molecule has 3 rings (SSSR count). The number of aliphatic carboxylic acids is 1. The number of amides is 1. The van der Waals surface area contributed by atoms with E-state index in [4.69, 9.17) is 23.2 Å². The van der Waals surface area contributed by atoms with Gasteiger partial charge in [0.15, 0.2) is 11.5 Å². The Morgan fingerprint density at radius 1 is 1.18 bits per heavy atom. The Morgan fingerprint density at radius 3 is 2.26 bits per heavy atom. The molecule has 8 nitrogen and oxygen atoms in total. The lowest BCUT2D eigenvalue weighted by Crippen LogP contribution is -2.42. The summed E-state index contributed by atoms with van der Waals surface area (Å²) in [5.74, 6) is -2.69. The summed E-state index contributed by atoms with van der Waals surface area (Å²) >= 11 is 12.3. The minimum Gasteiger partial charge on any atom is -0.481 e. The van der Waals surface area contributed by atoms with Crippen LogP contribution in [0, 0.1) is 17.8 Å². The average molecular weight is 591 g/mol. The highest BCUT2D eigenvalue weighted by atomic mass is 35.5. The Morgan fingerprint density at radius 2 is 1.77 bits per heavy atom. The lowest BCUT2D eigenvalue weighted by atomic mass is 9.74. The van der Waals surface area contributed by atoms with Gasteiger partial charge in [0, 0.05) is 12.2 Å². The second-order valence-electron chi connectivity index (χ2n) is 11.5. The van der Waals surface area contributed by atoms with Gasteiger partial charge in [0.25, 0.3) is 5.91 Å². The number of rotatable bonds is 7. The molecule has 0 bridgehead atoms. The molecule has 214 valence electrons. The van der Waals surface area contributed by atoms with E-state index in [0.29, 0.717) is 5.69 Å². The molecule has 1 saturated carbocycles. The van der Waals surface area contributed by atoms with E-state index in [1.165, 1.54) is 6.07 Å². The molecule has 0 spiro atoms. The molecule has 2 aromatic rings. The number of nitrogens with zero attached hydrogens (tertiary/aromatic N) is 4. The molecule has 13 heteroatoms. The minimum atomic E-state index is -4.93. The van der Waals surface area contributed by atoms with Crippen LogP contribution in [-0.2, 0) is 11.0 Å². The smallest absolute Gasteiger partial charge is 0.433 e. The Hall–Kier alpha value is -2.66. The Kier molecular flexibility index (Phi) is 8.77. The van der Waals surface area contributed by atoms with Crippen LogP contribution in [0.3, 0.4) is 0 Å². The molecule has 0 radical (unpaired) electrons. The third kappa shape index (κ3) is 6.92. The number of hydrogen-bond acceptors (Lipinski definition) is 5. The number of aromatic nitrogens is 3. The van der Waals surface area contributed by atoms with Crippen LogP contribution in [0.4, 0.5) is 13.2 Å². The topological polar surface area (TPSA) is 105 Å². The maximum atomic E-state index is 14.4. The summed E-state index contributed by atoms with van der Waals surface area (Å²) in [5.41, 5.74) is -3.17.